The smallest absolute Gasteiger partial charge is 0.268 e. The number of hydrogen-bond acceptors (Lipinski definition) is 6. The molecule has 0 fully saturated rings. The number of hydrogen-bond donors (Lipinski definition) is 2. The van der Waals surface area contributed by atoms with Gasteiger partial charge in [-0.3, -0.25) is 9.36 Å². The molecule has 0 aromatic rings. The maximum Gasteiger partial charge on any atom is 0.268 e. The van der Waals surface area contributed by atoms with Crippen molar-refractivity contribution in [3.8, 4) is 0 Å². The number of unbranched alkanes of at least 4 members (excludes halogenated alkanes) is 29. The van der Waals surface area contributed by atoms with Crippen LogP contribution < -0.4 is 10.2 Å². The van der Waals surface area contributed by atoms with E-state index in [1.165, 1.54) is 167 Å². The summed E-state index contributed by atoms with van der Waals surface area (Å²) in [4.78, 5) is 25.3. The van der Waals surface area contributed by atoms with Crippen LogP contribution in [0, 0.1) is 0 Å². The average molecular weight is 827 g/mol. The Morgan fingerprint density at radius 1 is 0.596 bits per heavy atom. The summed E-state index contributed by atoms with van der Waals surface area (Å²) in [5.74, 6) is -0.197. The fourth-order valence-electron chi connectivity index (χ4n) is 7.04. The van der Waals surface area contributed by atoms with E-state index in [1.54, 1.807) is 6.08 Å². The zero-order chi connectivity index (χ0) is 42.1. The first-order chi connectivity index (χ1) is 27.5. The summed E-state index contributed by atoms with van der Waals surface area (Å²) in [7, 11) is 1.26. The minimum atomic E-state index is -4.59. The predicted octanol–water partition coefficient (Wildman–Crippen LogP) is 13.1. The number of likely N-dealkylation sites (N-methyl/N-ethyl adjacent to an activating group) is 1. The third kappa shape index (κ3) is 42.9. The molecule has 0 aliphatic carbocycles. The summed E-state index contributed by atoms with van der Waals surface area (Å²) in [6, 6.07) is -0.885. The maximum absolute atomic E-state index is 12.9. The lowest BCUT2D eigenvalue weighted by Gasteiger charge is -2.29. The third-order valence-corrected chi connectivity index (χ3v) is 11.9. The van der Waals surface area contributed by atoms with Crippen LogP contribution in [0.3, 0.4) is 0 Å². The van der Waals surface area contributed by atoms with Crippen LogP contribution in [0.2, 0.25) is 0 Å². The lowest BCUT2D eigenvalue weighted by atomic mass is 10.0. The molecule has 1 unspecified atom stereocenters. The van der Waals surface area contributed by atoms with Crippen LogP contribution in [0.25, 0.3) is 0 Å². The zero-order valence-corrected chi connectivity index (χ0v) is 39.2. The van der Waals surface area contributed by atoms with Gasteiger partial charge >= 0.3 is 0 Å². The Bertz CT molecular complexity index is 984. The van der Waals surface area contributed by atoms with Crippen LogP contribution in [-0.2, 0) is 18.4 Å². The Hall–Kier alpha value is -1.02. The van der Waals surface area contributed by atoms with Gasteiger partial charge in [-0.05, 0) is 38.5 Å². The summed E-state index contributed by atoms with van der Waals surface area (Å²) in [5.41, 5.74) is 0. The van der Waals surface area contributed by atoms with Crippen molar-refractivity contribution in [1.82, 2.24) is 5.32 Å². The largest absolute Gasteiger partial charge is 0.756 e. The molecule has 8 nitrogen and oxygen atoms in total. The number of amides is 1. The zero-order valence-electron chi connectivity index (χ0n) is 38.3. The molecule has 57 heavy (non-hydrogen) atoms. The molecule has 2 N–H and O–H groups in total. The first-order valence-corrected chi connectivity index (χ1v) is 25.7. The number of nitrogens with zero attached hydrogens (tertiary/aromatic N) is 1. The van der Waals surface area contributed by atoms with E-state index in [1.807, 2.05) is 27.2 Å². The monoisotopic (exact) mass is 827 g/mol. The SMILES string of the molecule is CCC/C=C\CCCCCCCC/C=C/[C@@H](O)[C@H](COP(=O)([O-])OCC[N+](C)(C)C)NC(=O)CCCCCCCCCCCCCCCCCCCCCCCC. The molecule has 0 rings (SSSR count). The molecule has 0 spiro atoms. The number of allylic oxidation sites excluding steroid dienone is 3. The number of aliphatic hydroxyl groups excluding tert-OH is 1. The molecule has 0 heterocycles. The van der Waals surface area contributed by atoms with Crippen molar-refractivity contribution in [1.29, 1.82) is 0 Å². The van der Waals surface area contributed by atoms with Crippen LogP contribution in [-0.4, -0.2) is 68.5 Å². The number of carbonyl (C=O) groups excluding carboxylic acids is 1. The normalized spacial score (nSPS) is 14.4. The number of quaternary nitrogens is 1. The molecule has 0 radical (unpaired) electrons. The van der Waals surface area contributed by atoms with Crippen molar-refractivity contribution < 1.29 is 32.9 Å². The van der Waals surface area contributed by atoms with Crippen molar-refractivity contribution in [3.05, 3.63) is 24.3 Å². The number of carbonyl (C=O) groups is 1. The van der Waals surface area contributed by atoms with Crippen LogP contribution >= 0.6 is 7.82 Å². The highest BCUT2D eigenvalue weighted by Crippen LogP contribution is 2.38. The van der Waals surface area contributed by atoms with Crippen LogP contribution in [0.1, 0.15) is 226 Å². The summed E-state index contributed by atoms with van der Waals surface area (Å²) in [6.07, 6.45) is 48.0. The minimum absolute atomic E-state index is 0.000720. The van der Waals surface area contributed by atoms with Gasteiger partial charge in [-0.1, -0.05) is 205 Å². The molecule has 0 aromatic heterocycles. The van der Waals surface area contributed by atoms with Crippen molar-refractivity contribution in [2.75, 3.05) is 40.9 Å². The van der Waals surface area contributed by atoms with Crippen LogP contribution in [0.5, 0.6) is 0 Å². The van der Waals surface area contributed by atoms with Crippen molar-refractivity contribution >= 4 is 13.7 Å². The Morgan fingerprint density at radius 2 is 1.00 bits per heavy atom. The molecule has 0 saturated heterocycles. The van der Waals surface area contributed by atoms with Gasteiger partial charge in [-0.25, -0.2) is 0 Å². The summed E-state index contributed by atoms with van der Waals surface area (Å²) in [5, 5.41) is 13.8. The van der Waals surface area contributed by atoms with E-state index in [-0.39, 0.29) is 19.1 Å². The second kappa shape index (κ2) is 40.4. The van der Waals surface area contributed by atoms with E-state index in [9.17, 15) is 19.4 Å². The number of rotatable bonds is 44. The van der Waals surface area contributed by atoms with Gasteiger partial charge in [0.25, 0.3) is 7.82 Å². The van der Waals surface area contributed by atoms with Gasteiger partial charge in [0, 0.05) is 6.42 Å². The summed E-state index contributed by atoms with van der Waals surface area (Å²) in [6.45, 7) is 4.60. The number of phosphoric ester groups is 1. The molecule has 0 aliphatic rings. The van der Waals surface area contributed by atoms with E-state index < -0.39 is 20.0 Å². The van der Waals surface area contributed by atoms with Crippen molar-refractivity contribution in [3.63, 3.8) is 0 Å². The van der Waals surface area contributed by atoms with Gasteiger partial charge in [0.1, 0.15) is 13.2 Å². The second-order valence-corrected chi connectivity index (χ2v) is 19.2. The molecule has 0 aliphatic heterocycles. The first-order valence-electron chi connectivity index (χ1n) is 24.2. The molecule has 3 atom stereocenters. The molecule has 1 amide bonds. The maximum atomic E-state index is 12.9. The number of nitrogens with one attached hydrogen (secondary N) is 1. The molecule has 0 aromatic carbocycles. The van der Waals surface area contributed by atoms with Gasteiger partial charge in [0.15, 0.2) is 0 Å². The molecule has 338 valence electrons. The van der Waals surface area contributed by atoms with Crippen molar-refractivity contribution in [2.45, 2.75) is 238 Å². The highest BCUT2D eigenvalue weighted by atomic mass is 31.2. The molecular formula is C48H95N2O6P. The van der Waals surface area contributed by atoms with E-state index in [0.717, 1.165) is 38.5 Å². The summed E-state index contributed by atoms with van der Waals surface area (Å²) >= 11 is 0. The molecule has 0 saturated carbocycles. The first kappa shape index (κ1) is 56.0. The molecular weight excluding hydrogens is 732 g/mol. The number of aliphatic hydroxyl groups is 1. The van der Waals surface area contributed by atoms with Gasteiger partial charge in [-0.2, -0.15) is 0 Å². The van der Waals surface area contributed by atoms with E-state index in [2.05, 4.69) is 31.3 Å². The lowest BCUT2D eigenvalue weighted by Crippen LogP contribution is -2.45. The van der Waals surface area contributed by atoms with Crippen LogP contribution in [0.15, 0.2) is 24.3 Å². The Kier molecular flexibility index (Phi) is 39.7. The minimum Gasteiger partial charge on any atom is -0.756 e. The molecule has 0 bridgehead atoms. The highest BCUT2D eigenvalue weighted by molar-refractivity contribution is 7.45. The van der Waals surface area contributed by atoms with E-state index in [4.69, 9.17) is 9.05 Å². The van der Waals surface area contributed by atoms with Gasteiger partial charge in [0.05, 0.1) is 39.9 Å². The fraction of sp³-hybridized carbons (Fsp3) is 0.896. The Morgan fingerprint density at radius 3 is 1.44 bits per heavy atom. The second-order valence-electron chi connectivity index (χ2n) is 17.8. The van der Waals surface area contributed by atoms with Gasteiger partial charge < -0.3 is 28.8 Å². The lowest BCUT2D eigenvalue weighted by molar-refractivity contribution is -0.870. The average Bonchev–Trinajstić information content (AvgIpc) is 3.16. The Labute approximate surface area is 354 Å². The standard InChI is InChI=1S/C48H95N2O6P/c1-6-8-10-12-14-16-18-20-21-22-23-24-25-26-27-28-30-32-34-36-38-40-42-48(52)49-46(45-56-57(53,54)55-44-43-50(3,4)5)47(51)41-39-37-35-33-31-29-19-17-15-13-11-9-7-2/h11,13,39,41,46-47,51H,6-10,12,14-38,40,42-45H2,1-5H3,(H-,49,52,53,54)/b13-11-,41-39+/t46-,47+/m0/s1. The number of phosphoric acid groups is 1. The fourth-order valence-corrected chi connectivity index (χ4v) is 7.76. The topological polar surface area (TPSA) is 108 Å². The summed E-state index contributed by atoms with van der Waals surface area (Å²) < 4.78 is 23.2. The van der Waals surface area contributed by atoms with Gasteiger partial charge in [-0.15, -0.1) is 0 Å². The third-order valence-electron chi connectivity index (χ3n) is 10.9. The van der Waals surface area contributed by atoms with E-state index in [0.29, 0.717) is 17.4 Å². The molecule has 9 heteroatoms. The Balaban J connectivity index is 4.25. The van der Waals surface area contributed by atoms with E-state index >= 15 is 0 Å². The quantitative estimate of drug-likeness (QED) is 0.0274. The predicted molar refractivity (Wildman–Crippen MR) is 242 cm³/mol. The van der Waals surface area contributed by atoms with Gasteiger partial charge in [0.2, 0.25) is 5.91 Å². The highest BCUT2D eigenvalue weighted by Gasteiger charge is 2.23. The van der Waals surface area contributed by atoms with Crippen molar-refractivity contribution in [2.24, 2.45) is 0 Å². The van der Waals surface area contributed by atoms with Crippen LogP contribution in [0.4, 0.5) is 0 Å².